The van der Waals surface area contributed by atoms with Crippen molar-refractivity contribution in [1.29, 1.82) is 0 Å². The van der Waals surface area contributed by atoms with Gasteiger partial charge < -0.3 is 10.3 Å². The van der Waals surface area contributed by atoms with Crippen LogP contribution in [-0.2, 0) is 12.8 Å². The number of benzene rings is 2. The van der Waals surface area contributed by atoms with Crippen molar-refractivity contribution in [3.05, 3.63) is 102 Å². The minimum absolute atomic E-state index is 0.155. The molecule has 2 aromatic heterocycles. The molecule has 1 amide bonds. The van der Waals surface area contributed by atoms with Crippen LogP contribution in [0.15, 0.2) is 73.3 Å². The molecule has 0 fully saturated rings. The predicted molar refractivity (Wildman–Crippen MR) is 107 cm³/mol. The van der Waals surface area contributed by atoms with Crippen LogP contribution in [0.1, 0.15) is 21.7 Å². The number of nitrogens with zero attached hydrogens (tertiary/aromatic N) is 3. The van der Waals surface area contributed by atoms with E-state index in [0.29, 0.717) is 12.8 Å². The van der Waals surface area contributed by atoms with Crippen LogP contribution in [0.2, 0.25) is 0 Å². The summed E-state index contributed by atoms with van der Waals surface area (Å²) in [5, 5.41) is 7.17. The zero-order chi connectivity index (χ0) is 20.9. The lowest BCUT2D eigenvalue weighted by atomic mass is 10.0. The quantitative estimate of drug-likeness (QED) is 0.493. The monoisotopic (exact) mass is 407 g/mol. The second-order valence-electron chi connectivity index (χ2n) is 6.91. The molecule has 152 valence electrons. The number of aromatic amines is 1. The number of aromatic nitrogens is 4. The SMILES string of the molecule is O=C(NC(Cc1ccccc1)Cc1cnc[nH]1)c1ccn(-c2cc(F)cc(F)c2)n1. The number of hydrogen-bond donors (Lipinski definition) is 2. The summed E-state index contributed by atoms with van der Waals surface area (Å²) in [6, 6.07) is 14.2. The lowest BCUT2D eigenvalue weighted by Crippen LogP contribution is -2.38. The molecule has 6 nitrogen and oxygen atoms in total. The Morgan fingerprint density at radius 2 is 1.83 bits per heavy atom. The van der Waals surface area contributed by atoms with E-state index in [-0.39, 0.29) is 23.3 Å². The summed E-state index contributed by atoms with van der Waals surface area (Å²) in [7, 11) is 0. The normalized spacial score (nSPS) is 11.9. The van der Waals surface area contributed by atoms with Gasteiger partial charge in [-0.15, -0.1) is 0 Å². The molecule has 1 unspecified atom stereocenters. The summed E-state index contributed by atoms with van der Waals surface area (Å²) in [5.41, 5.74) is 2.34. The third-order valence-electron chi connectivity index (χ3n) is 4.61. The maximum atomic E-state index is 13.5. The van der Waals surface area contributed by atoms with Gasteiger partial charge in [-0.3, -0.25) is 4.79 Å². The van der Waals surface area contributed by atoms with Gasteiger partial charge in [0.25, 0.3) is 5.91 Å². The van der Waals surface area contributed by atoms with Crippen LogP contribution in [0.5, 0.6) is 0 Å². The maximum Gasteiger partial charge on any atom is 0.272 e. The Labute approximate surface area is 171 Å². The van der Waals surface area contributed by atoms with Gasteiger partial charge in [0.05, 0.1) is 12.0 Å². The van der Waals surface area contributed by atoms with Crippen LogP contribution in [0.3, 0.4) is 0 Å². The molecular formula is C22H19F2N5O. The molecule has 4 aromatic rings. The number of rotatable bonds is 7. The molecule has 2 heterocycles. The standard InChI is InChI=1S/C22H19F2N5O/c23-16-9-17(24)11-20(10-16)29-7-6-21(28-29)22(30)27-18(12-19-13-25-14-26-19)8-15-4-2-1-3-5-15/h1-7,9-11,13-14,18H,8,12H2,(H,25,26)(H,27,30). The van der Waals surface area contributed by atoms with E-state index in [4.69, 9.17) is 0 Å². The smallest absolute Gasteiger partial charge is 0.272 e. The first-order chi connectivity index (χ1) is 14.6. The summed E-state index contributed by atoms with van der Waals surface area (Å²) in [6.45, 7) is 0. The number of amides is 1. The lowest BCUT2D eigenvalue weighted by molar-refractivity contribution is 0.0931. The van der Waals surface area contributed by atoms with Crippen molar-refractivity contribution in [2.45, 2.75) is 18.9 Å². The van der Waals surface area contributed by atoms with E-state index in [2.05, 4.69) is 20.4 Å². The number of H-pyrrole nitrogens is 1. The van der Waals surface area contributed by atoms with Gasteiger partial charge in [0.15, 0.2) is 5.69 Å². The van der Waals surface area contributed by atoms with Crippen LogP contribution in [0.4, 0.5) is 8.78 Å². The second-order valence-corrected chi connectivity index (χ2v) is 6.91. The van der Waals surface area contributed by atoms with Crippen molar-refractivity contribution in [2.24, 2.45) is 0 Å². The van der Waals surface area contributed by atoms with E-state index in [9.17, 15) is 13.6 Å². The van der Waals surface area contributed by atoms with E-state index < -0.39 is 11.6 Å². The van der Waals surface area contributed by atoms with Gasteiger partial charge in [-0.05, 0) is 30.2 Å². The van der Waals surface area contributed by atoms with Crippen LogP contribution in [0, 0.1) is 11.6 Å². The summed E-state index contributed by atoms with van der Waals surface area (Å²) < 4.78 is 28.2. The fourth-order valence-corrected chi connectivity index (χ4v) is 3.25. The predicted octanol–water partition coefficient (Wildman–Crippen LogP) is 3.46. The number of imidazole rings is 1. The van der Waals surface area contributed by atoms with Gasteiger partial charge in [0.1, 0.15) is 11.6 Å². The molecule has 0 aliphatic heterocycles. The molecule has 0 aliphatic rings. The number of carbonyl (C=O) groups is 1. The lowest BCUT2D eigenvalue weighted by Gasteiger charge is -2.18. The van der Waals surface area contributed by atoms with E-state index >= 15 is 0 Å². The zero-order valence-corrected chi connectivity index (χ0v) is 15.9. The fraction of sp³-hybridized carbons (Fsp3) is 0.136. The van der Waals surface area contributed by atoms with Crippen molar-refractivity contribution in [2.75, 3.05) is 0 Å². The maximum absolute atomic E-state index is 13.5. The molecule has 0 saturated heterocycles. The van der Waals surface area contributed by atoms with Crippen molar-refractivity contribution in [1.82, 2.24) is 25.1 Å². The highest BCUT2D eigenvalue weighted by Crippen LogP contribution is 2.13. The van der Waals surface area contributed by atoms with Crippen LogP contribution < -0.4 is 5.32 Å². The average molecular weight is 407 g/mol. The molecule has 0 radical (unpaired) electrons. The molecule has 0 spiro atoms. The molecule has 2 N–H and O–H groups in total. The van der Waals surface area contributed by atoms with Crippen LogP contribution in [0.25, 0.3) is 5.69 Å². The Morgan fingerprint density at radius 3 is 2.53 bits per heavy atom. The number of carbonyl (C=O) groups excluding carboxylic acids is 1. The van der Waals surface area contributed by atoms with Crippen LogP contribution in [-0.4, -0.2) is 31.7 Å². The fourth-order valence-electron chi connectivity index (χ4n) is 3.25. The van der Waals surface area contributed by atoms with Crippen molar-refractivity contribution in [3.63, 3.8) is 0 Å². The first-order valence-corrected chi connectivity index (χ1v) is 9.41. The Bertz CT molecular complexity index is 1110. The number of halogens is 2. The first kappa shape index (κ1) is 19.5. The van der Waals surface area contributed by atoms with Gasteiger partial charge in [-0.2, -0.15) is 5.10 Å². The van der Waals surface area contributed by atoms with Gasteiger partial charge in [-0.1, -0.05) is 30.3 Å². The minimum atomic E-state index is -0.714. The highest BCUT2D eigenvalue weighted by Gasteiger charge is 2.18. The third-order valence-corrected chi connectivity index (χ3v) is 4.61. The molecule has 0 aliphatic carbocycles. The molecule has 8 heteroatoms. The van der Waals surface area contributed by atoms with Gasteiger partial charge in [0.2, 0.25) is 0 Å². The van der Waals surface area contributed by atoms with Gasteiger partial charge in [-0.25, -0.2) is 18.4 Å². The Balaban J connectivity index is 1.51. The summed E-state index contributed by atoms with van der Waals surface area (Å²) >= 11 is 0. The topological polar surface area (TPSA) is 75.6 Å². The van der Waals surface area contributed by atoms with E-state index in [0.717, 1.165) is 29.5 Å². The Hall–Kier alpha value is -3.81. The van der Waals surface area contributed by atoms with E-state index in [1.165, 1.54) is 16.9 Å². The first-order valence-electron chi connectivity index (χ1n) is 9.41. The highest BCUT2D eigenvalue weighted by atomic mass is 19.1. The van der Waals surface area contributed by atoms with Crippen molar-refractivity contribution in [3.8, 4) is 5.69 Å². The third kappa shape index (κ3) is 4.78. The van der Waals surface area contributed by atoms with E-state index in [1.54, 1.807) is 12.5 Å². The zero-order valence-electron chi connectivity index (χ0n) is 15.9. The summed E-state index contributed by atoms with van der Waals surface area (Å²) in [5.74, 6) is -1.80. The van der Waals surface area contributed by atoms with Gasteiger partial charge in [0, 0.05) is 36.6 Å². The Kier molecular flexibility index (Phi) is 5.65. The molecular weight excluding hydrogens is 388 g/mol. The molecule has 0 bridgehead atoms. The van der Waals surface area contributed by atoms with Crippen LogP contribution >= 0.6 is 0 Å². The average Bonchev–Trinajstić information content (AvgIpc) is 3.40. The Morgan fingerprint density at radius 1 is 1.07 bits per heavy atom. The van der Waals surface area contributed by atoms with Crippen molar-refractivity contribution < 1.29 is 13.6 Å². The van der Waals surface area contributed by atoms with Gasteiger partial charge >= 0.3 is 0 Å². The second kappa shape index (κ2) is 8.69. The number of hydrogen-bond acceptors (Lipinski definition) is 3. The minimum Gasteiger partial charge on any atom is -0.348 e. The molecule has 2 aromatic carbocycles. The van der Waals surface area contributed by atoms with Crippen molar-refractivity contribution >= 4 is 5.91 Å². The number of nitrogens with one attached hydrogen (secondary N) is 2. The summed E-state index contributed by atoms with van der Waals surface area (Å²) in [4.78, 5) is 19.9. The van der Waals surface area contributed by atoms with E-state index in [1.807, 2.05) is 30.3 Å². The molecule has 1 atom stereocenters. The molecule has 30 heavy (non-hydrogen) atoms. The molecule has 4 rings (SSSR count). The summed E-state index contributed by atoms with van der Waals surface area (Å²) in [6.07, 6.45) is 6.00. The largest absolute Gasteiger partial charge is 0.348 e. The molecule has 0 saturated carbocycles. The highest BCUT2D eigenvalue weighted by molar-refractivity contribution is 5.92.